The zero-order chi connectivity index (χ0) is 19.9. The number of carbonyl (C=O) groups excluding carboxylic acids is 1. The summed E-state index contributed by atoms with van der Waals surface area (Å²) in [6.07, 6.45) is 0. The third kappa shape index (κ3) is 7.31. The number of hydrogen-bond acceptors (Lipinski definition) is 3. The van der Waals surface area contributed by atoms with Crippen LogP contribution in [0.25, 0.3) is 0 Å². The SMILES string of the molecule is COc1cc(C[NH2+]Cc2ccc(C)cc2)ccc1OCC(=O)NC(C)(C)C. The number of aryl methyl sites for hydroxylation is 1. The minimum atomic E-state index is -0.276. The Hall–Kier alpha value is -2.53. The molecule has 0 aromatic heterocycles. The Morgan fingerprint density at radius 2 is 1.63 bits per heavy atom. The van der Waals surface area contributed by atoms with E-state index in [9.17, 15) is 4.79 Å². The van der Waals surface area contributed by atoms with E-state index in [1.807, 2.05) is 39.0 Å². The second-order valence-electron chi connectivity index (χ2n) is 7.75. The lowest BCUT2D eigenvalue weighted by Crippen LogP contribution is -2.80. The number of methoxy groups -OCH3 is 1. The van der Waals surface area contributed by atoms with Crippen molar-refractivity contribution in [1.82, 2.24) is 5.32 Å². The van der Waals surface area contributed by atoms with Crippen molar-refractivity contribution in [2.75, 3.05) is 13.7 Å². The molecule has 0 bridgehead atoms. The maximum atomic E-state index is 11.9. The summed E-state index contributed by atoms with van der Waals surface area (Å²) < 4.78 is 11.1. The van der Waals surface area contributed by atoms with Crippen LogP contribution in [0.4, 0.5) is 0 Å². The zero-order valence-electron chi connectivity index (χ0n) is 17.0. The molecule has 0 unspecified atom stereocenters. The molecule has 2 rings (SSSR count). The summed E-state index contributed by atoms with van der Waals surface area (Å²) in [5, 5.41) is 5.12. The Balaban J connectivity index is 1.89. The number of rotatable bonds is 8. The van der Waals surface area contributed by atoms with Gasteiger partial charge in [0.15, 0.2) is 18.1 Å². The second kappa shape index (κ2) is 9.42. The van der Waals surface area contributed by atoms with E-state index in [1.54, 1.807) is 7.11 Å². The van der Waals surface area contributed by atoms with E-state index in [4.69, 9.17) is 9.47 Å². The van der Waals surface area contributed by atoms with Crippen LogP contribution in [0.5, 0.6) is 11.5 Å². The van der Waals surface area contributed by atoms with Crippen molar-refractivity contribution < 1.29 is 19.6 Å². The van der Waals surface area contributed by atoms with Gasteiger partial charge in [-0.15, -0.1) is 0 Å². The van der Waals surface area contributed by atoms with Crippen LogP contribution in [0.15, 0.2) is 42.5 Å². The van der Waals surface area contributed by atoms with E-state index in [1.165, 1.54) is 11.1 Å². The zero-order valence-corrected chi connectivity index (χ0v) is 17.0. The highest BCUT2D eigenvalue weighted by atomic mass is 16.5. The summed E-state index contributed by atoms with van der Waals surface area (Å²) in [6, 6.07) is 14.4. The van der Waals surface area contributed by atoms with E-state index in [-0.39, 0.29) is 18.1 Å². The molecule has 0 atom stereocenters. The third-order valence-corrected chi connectivity index (χ3v) is 3.98. The summed E-state index contributed by atoms with van der Waals surface area (Å²) in [5.74, 6) is 1.06. The largest absolute Gasteiger partial charge is 0.493 e. The van der Waals surface area contributed by atoms with Gasteiger partial charge in [-0.1, -0.05) is 29.8 Å². The number of nitrogens with one attached hydrogen (secondary N) is 1. The van der Waals surface area contributed by atoms with Gasteiger partial charge in [-0.05, 0) is 45.9 Å². The van der Waals surface area contributed by atoms with Crippen molar-refractivity contribution in [3.63, 3.8) is 0 Å². The average molecular weight is 372 g/mol. The fourth-order valence-electron chi connectivity index (χ4n) is 2.69. The van der Waals surface area contributed by atoms with E-state index < -0.39 is 0 Å². The first-order valence-corrected chi connectivity index (χ1v) is 9.25. The molecule has 0 fully saturated rings. The molecule has 0 radical (unpaired) electrons. The lowest BCUT2D eigenvalue weighted by Gasteiger charge is -2.20. The van der Waals surface area contributed by atoms with Crippen molar-refractivity contribution in [1.29, 1.82) is 0 Å². The Kier molecular flexibility index (Phi) is 7.25. The Labute approximate surface area is 162 Å². The van der Waals surface area contributed by atoms with Gasteiger partial charge in [0.25, 0.3) is 5.91 Å². The maximum absolute atomic E-state index is 11.9. The number of quaternary nitrogens is 1. The smallest absolute Gasteiger partial charge is 0.258 e. The van der Waals surface area contributed by atoms with E-state index in [0.29, 0.717) is 11.5 Å². The monoisotopic (exact) mass is 371 g/mol. The van der Waals surface area contributed by atoms with Gasteiger partial charge in [-0.25, -0.2) is 0 Å². The van der Waals surface area contributed by atoms with Gasteiger partial charge >= 0.3 is 0 Å². The molecule has 2 aromatic carbocycles. The molecular formula is C22H31N2O3+. The van der Waals surface area contributed by atoms with Gasteiger partial charge in [-0.3, -0.25) is 4.79 Å². The fraction of sp³-hybridized carbons (Fsp3) is 0.409. The summed E-state index contributed by atoms with van der Waals surface area (Å²) >= 11 is 0. The standard InChI is InChI=1S/C22H30N2O3/c1-16-6-8-17(9-7-16)13-23-14-18-10-11-19(20(12-18)26-5)27-15-21(25)24-22(2,3)4/h6-12,23H,13-15H2,1-5H3,(H,24,25)/p+1. The summed E-state index contributed by atoms with van der Waals surface area (Å²) in [6.45, 7) is 9.64. The molecule has 5 heteroatoms. The second-order valence-corrected chi connectivity index (χ2v) is 7.75. The predicted molar refractivity (Wildman–Crippen MR) is 107 cm³/mol. The van der Waals surface area contributed by atoms with E-state index >= 15 is 0 Å². The molecule has 0 saturated heterocycles. The highest BCUT2D eigenvalue weighted by Gasteiger charge is 2.15. The van der Waals surface area contributed by atoms with Crippen molar-refractivity contribution in [2.45, 2.75) is 46.3 Å². The van der Waals surface area contributed by atoms with Gasteiger partial charge < -0.3 is 20.1 Å². The van der Waals surface area contributed by atoms with Crippen molar-refractivity contribution in [3.8, 4) is 11.5 Å². The lowest BCUT2D eigenvalue weighted by molar-refractivity contribution is -0.686. The number of amides is 1. The number of benzene rings is 2. The van der Waals surface area contributed by atoms with Crippen LogP contribution in [0.1, 0.15) is 37.5 Å². The first-order valence-electron chi connectivity index (χ1n) is 9.25. The molecule has 5 nitrogen and oxygen atoms in total. The van der Waals surface area contributed by atoms with Crippen LogP contribution in [0, 0.1) is 6.92 Å². The minimum absolute atomic E-state index is 0.0352. The van der Waals surface area contributed by atoms with Crippen LogP contribution in [0.2, 0.25) is 0 Å². The molecule has 0 saturated carbocycles. The number of hydrogen-bond donors (Lipinski definition) is 2. The molecule has 0 aliphatic carbocycles. The first kappa shape index (κ1) is 20.8. The molecule has 0 heterocycles. The van der Waals surface area contributed by atoms with E-state index in [2.05, 4.69) is 41.8 Å². The molecule has 0 aliphatic heterocycles. The molecule has 146 valence electrons. The third-order valence-electron chi connectivity index (χ3n) is 3.98. The molecule has 2 aromatic rings. The van der Waals surface area contributed by atoms with Gasteiger partial charge in [-0.2, -0.15) is 0 Å². The minimum Gasteiger partial charge on any atom is -0.493 e. The highest BCUT2D eigenvalue weighted by molar-refractivity contribution is 5.78. The Morgan fingerprint density at radius 3 is 2.26 bits per heavy atom. The maximum Gasteiger partial charge on any atom is 0.258 e. The fourth-order valence-corrected chi connectivity index (χ4v) is 2.69. The summed E-state index contributed by atoms with van der Waals surface area (Å²) in [5.41, 5.74) is 3.44. The van der Waals surface area contributed by atoms with Gasteiger partial charge in [0, 0.05) is 16.7 Å². The van der Waals surface area contributed by atoms with Gasteiger partial charge in [0.05, 0.1) is 7.11 Å². The summed E-state index contributed by atoms with van der Waals surface area (Å²) in [7, 11) is 1.61. The first-order chi connectivity index (χ1) is 12.8. The quantitative estimate of drug-likeness (QED) is 0.750. The number of ether oxygens (including phenoxy) is 2. The van der Waals surface area contributed by atoms with Crippen molar-refractivity contribution >= 4 is 5.91 Å². The van der Waals surface area contributed by atoms with Gasteiger partial charge in [0.1, 0.15) is 13.1 Å². The molecule has 27 heavy (non-hydrogen) atoms. The molecule has 1 amide bonds. The van der Waals surface area contributed by atoms with Crippen LogP contribution in [0.3, 0.4) is 0 Å². The summed E-state index contributed by atoms with van der Waals surface area (Å²) in [4.78, 5) is 11.9. The number of nitrogens with two attached hydrogens (primary N) is 1. The Morgan fingerprint density at radius 1 is 1.00 bits per heavy atom. The molecular weight excluding hydrogens is 340 g/mol. The Bertz CT molecular complexity index is 749. The van der Waals surface area contributed by atoms with Gasteiger partial charge in [0.2, 0.25) is 0 Å². The number of carbonyl (C=O) groups is 1. The van der Waals surface area contributed by atoms with Crippen LogP contribution in [-0.2, 0) is 17.9 Å². The highest BCUT2D eigenvalue weighted by Crippen LogP contribution is 2.27. The van der Waals surface area contributed by atoms with Crippen LogP contribution in [-0.4, -0.2) is 25.2 Å². The van der Waals surface area contributed by atoms with Crippen LogP contribution >= 0.6 is 0 Å². The predicted octanol–water partition coefficient (Wildman–Crippen LogP) is 2.56. The molecule has 0 spiro atoms. The average Bonchev–Trinajstić information content (AvgIpc) is 2.60. The topological polar surface area (TPSA) is 64.2 Å². The molecule has 0 aliphatic rings. The van der Waals surface area contributed by atoms with Crippen molar-refractivity contribution in [3.05, 3.63) is 59.2 Å². The normalized spacial score (nSPS) is 11.1. The van der Waals surface area contributed by atoms with E-state index in [0.717, 1.165) is 18.7 Å². The van der Waals surface area contributed by atoms with Crippen molar-refractivity contribution in [2.24, 2.45) is 0 Å². The lowest BCUT2D eigenvalue weighted by atomic mass is 10.1. The molecule has 3 N–H and O–H groups in total. The van der Waals surface area contributed by atoms with Crippen LogP contribution < -0.4 is 20.1 Å².